The van der Waals surface area contributed by atoms with E-state index in [0.29, 0.717) is 22.3 Å². The van der Waals surface area contributed by atoms with Crippen molar-refractivity contribution in [2.45, 2.75) is 6.92 Å². The maximum atomic E-state index is 6.24. The lowest BCUT2D eigenvalue weighted by atomic mass is 10.2. The molecule has 1 fully saturated rings. The fourth-order valence-corrected chi connectivity index (χ4v) is 2.70. The first-order valence-electron chi connectivity index (χ1n) is 7.87. The molecule has 0 amide bonds. The number of nitrogens with one attached hydrogen (secondary N) is 2. The Morgan fingerprint density at radius 1 is 1.12 bits per heavy atom. The minimum atomic E-state index is 0.482. The molecule has 0 unspecified atom stereocenters. The average Bonchev–Trinajstić information content (AvgIpc) is 2.57. The van der Waals surface area contributed by atoms with Crippen molar-refractivity contribution in [3.63, 3.8) is 0 Å². The van der Waals surface area contributed by atoms with Gasteiger partial charge in [-0.15, -0.1) is 0 Å². The molecule has 1 aliphatic heterocycles. The molecule has 2 aromatic rings. The zero-order chi connectivity index (χ0) is 17.1. The number of rotatable bonds is 4. The van der Waals surface area contributed by atoms with Gasteiger partial charge in [0.25, 0.3) is 0 Å². The summed E-state index contributed by atoms with van der Waals surface area (Å²) in [6, 6.07) is 5.68. The molecule has 1 saturated heterocycles. The first-order chi connectivity index (χ1) is 11.5. The largest absolute Gasteiger partial charge is 0.393 e. The van der Waals surface area contributed by atoms with Crippen LogP contribution in [-0.2, 0) is 0 Å². The highest BCUT2D eigenvalue weighted by Gasteiger charge is 2.16. The van der Waals surface area contributed by atoms with Crippen LogP contribution in [0.3, 0.4) is 0 Å². The summed E-state index contributed by atoms with van der Waals surface area (Å²) in [5.74, 6) is 1.17. The van der Waals surface area contributed by atoms with Crippen molar-refractivity contribution in [1.82, 2.24) is 19.9 Å². The molecule has 0 bridgehead atoms. The highest BCUT2D eigenvalue weighted by molar-refractivity contribution is 6.31. The van der Waals surface area contributed by atoms with Crippen LogP contribution >= 0.6 is 11.6 Å². The fourth-order valence-electron chi connectivity index (χ4n) is 2.52. The molecule has 1 aromatic carbocycles. The summed E-state index contributed by atoms with van der Waals surface area (Å²) in [6.45, 7) is 5.78. The Morgan fingerprint density at radius 2 is 1.83 bits per heavy atom. The van der Waals surface area contributed by atoms with E-state index in [4.69, 9.17) is 17.3 Å². The Kier molecular flexibility index (Phi) is 5.03. The highest BCUT2D eigenvalue weighted by Crippen LogP contribution is 2.30. The quantitative estimate of drug-likeness (QED) is 0.783. The van der Waals surface area contributed by atoms with Gasteiger partial charge in [0.2, 0.25) is 0 Å². The predicted octanol–water partition coefficient (Wildman–Crippen LogP) is 2.34. The normalized spacial score (nSPS) is 16.1. The lowest BCUT2D eigenvalue weighted by Gasteiger charge is -2.33. The van der Waals surface area contributed by atoms with Crippen LogP contribution in [0, 0.1) is 6.92 Å². The molecule has 1 aliphatic rings. The van der Waals surface area contributed by atoms with E-state index < -0.39 is 0 Å². The van der Waals surface area contributed by atoms with Crippen molar-refractivity contribution >= 4 is 34.6 Å². The minimum Gasteiger partial charge on any atom is -0.393 e. The molecule has 3 rings (SSSR count). The summed E-state index contributed by atoms with van der Waals surface area (Å²) >= 11 is 6.16. The fraction of sp³-hybridized carbons (Fsp3) is 0.375. The van der Waals surface area contributed by atoms with Gasteiger partial charge >= 0.3 is 0 Å². The van der Waals surface area contributed by atoms with Crippen LogP contribution in [0.2, 0.25) is 5.02 Å². The number of hydrogen-bond acceptors (Lipinski definition) is 7. The Labute approximate surface area is 146 Å². The van der Waals surface area contributed by atoms with Crippen molar-refractivity contribution in [2.24, 2.45) is 0 Å². The number of nitrogens with two attached hydrogens (primary N) is 1. The number of anilines is 4. The van der Waals surface area contributed by atoms with Crippen molar-refractivity contribution in [2.75, 3.05) is 49.7 Å². The number of aromatic nitrogens is 2. The molecule has 0 radical (unpaired) electrons. The minimum absolute atomic E-state index is 0.482. The molecule has 24 heavy (non-hydrogen) atoms. The van der Waals surface area contributed by atoms with Crippen LogP contribution in [0.25, 0.3) is 0 Å². The van der Waals surface area contributed by atoms with Gasteiger partial charge in [-0.2, -0.15) is 0 Å². The average molecular weight is 348 g/mol. The van der Waals surface area contributed by atoms with E-state index in [1.54, 1.807) is 0 Å². The number of hydrazine groups is 1. The predicted molar refractivity (Wildman–Crippen MR) is 98.6 cm³/mol. The third-order valence-electron chi connectivity index (χ3n) is 4.17. The summed E-state index contributed by atoms with van der Waals surface area (Å²) in [5.41, 5.74) is 11.8. The molecule has 0 aliphatic carbocycles. The smallest absolute Gasteiger partial charge is 0.169 e. The third-order valence-corrected chi connectivity index (χ3v) is 4.58. The first-order valence-corrected chi connectivity index (χ1v) is 8.25. The van der Waals surface area contributed by atoms with E-state index in [2.05, 4.69) is 37.7 Å². The van der Waals surface area contributed by atoms with Crippen LogP contribution in [0.1, 0.15) is 5.56 Å². The van der Waals surface area contributed by atoms with Gasteiger partial charge in [0, 0.05) is 36.9 Å². The zero-order valence-electron chi connectivity index (χ0n) is 13.9. The van der Waals surface area contributed by atoms with Crippen molar-refractivity contribution in [3.8, 4) is 0 Å². The standard InChI is InChI=1S/C16H22ClN7/c1-11-12(17)4-3-5-13(11)21-15-14(18)16(20-10-19-15)22-24-8-6-23(2)7-9-24/h3-5,10H,6-9,18H2,1-2H3,(H2,19,20,21,22). The number of hydrogen-bond donors (Lipinski definition) is 3. The Balaban J connectivity index is 1.77. The van der Waals surface area contributed by atoms with Crippen LogP contribution in [0.15, 0.2) is 24.5 Å². The molecule has 128 valence electrons. The second kappa shape index (κ2) is 7.21. The summed E-state index contributed by atoms with van der Waals surface area (Å²) in [5, 5.41) is 6.05. The van der Waals surface area contributed by atoms with Gasteiger partial charge < -0.3 is 21.4 Å². The lowest BCUT2D eigenvalue weighted by Crippen LogP contribution is -2.47. The van der Waals surface area contributed by atoms with E-state index in [1.807, 2.05) is 25.1 Å². The Bertz CT molecular complexity index is 714. The summed E-state index contributed by atoms with van der Waals surface area (Å²) in [6.07, 6.45) is 1.50. The maximum Gasteiger partial charge on any atom is 0.169 e. The van der Waals surface area contributed by atoms with E-state index in [-0.39, 0.29) is 0 Å². The van der Waals surface area contributed by atoms with E-state index in [9.17, 15) is 0 Å². The van der Waals surface area contributed by atoms with E-state index in [1.165, 1.54) is 6.33 Å². The monoisotopic (exact) mass is 347 g/mol. The molecule has 2 heterocycles. The van der Waals surface area contributed by atoms with Crippen LogP contribution in [0.5, 0.6) is 0 Å². The molecule has 0 spiro atoms. The SMILES string of the molecule is Cc1c(Cl)cccc1Nc1ncnc(NN2CCN(C)CC2)c1N. The van der Waals surface area contributed by atoms with Gasteiger partial charge in [-0.3, -0.25) is 0 Å². The molecule has 0 saturated carbocycles. The summed E-state index contributed by atoms with van der Waals surface area (Å²) < 4.78 is 0. The number of nitrogens with zero attached hydrogens (tertiary/aromatic N) is 4. The number of likely N-dealkylation sites (N-methyl/N-ethyl adjacent to an activating group) is 1. The first kappa shape index (κ1) is 16.8. The lowest BCUT2D eigenvalue weighted by molar-refractivity contribution is 0.178. The van der Waals surface area contributed by atoms with Gasteiger partial charge in [0.15, 0.2) is 11.6 Å². The Hall–Kier alpha value is -2.09. The molecule has 4 N–H and O–H groups in total. The highest BCUT2D eigenvalue weighted by atomic mass is 35.5. The number of nitrogen functional groups attached to an aromatic ring is 1. The maximum absolute atomic E-state index is 6.24. The van der Waals surface area contributed by atoms with Crippen molar-refractivity contribution in [3.05, 3.63) is 35.1 Å². The molecule has 8 heteroatoms. The summed E-state index contributed by atoms with van der Waals surface area (Å²) in [7, 11) is 2.12. The van der Waals surface area contributed by atoms with E-state index >= 15 is 0 Å². The second-order valence-corrected chi connectivity index (χ2v) is 6.33. The molecule has 7 nitrogen and oxygen atoms in total. The van der Waals surface area contributed by atoms with Crippen molar-refractivity contribution < 1.29 is 0 Å². The molecule has 0 atom stereocenters. The topological polar surface area (TPSA) is 82.3 Å². The molecular weight excluding hydrogens is 326 g/mol. The zero-order valence-corrected chi connectivity index (χ0v) is 14.6. The molecule has 1 aromatic heterocycles. The molecular formula is C16H22ClN7. The second-order valence-electron chi connectivity index (χ2n) is 5.92. The van der Waals surface area contributed by atoms with Gasteiger partial charge in [-0.25, -0.2) is 15.0 Å². The summed E-state index contributed by atoms with van der Waals surface area (Å²) in [4.78, 5) is 10.8. The Morgan fingerprint density at radius 3 is 2.58 bits per heavy atom. The number of halogens is 1. The van der Waals surface area contributed by atoms with Crippen LogP contribution in [-0.4, -0.2) is 53.1 Å². The van der Waals surface area contributed by atoms with Gasteiger partial charge in [0.1, 0.15) is 12.0 Å². The van der Waals surface area contributed by atoms with Gasteiger partial charge in [-0.1, -0.05) is 17.7 Å². The van der Waals surface area contributed by atoms with Crippen LogP contribution in [0.4, 0.5) is 23.0 Å². The number of piperazine rings is 1. The van der Waals surface area contributed by atoms with E-state index in [0.717, 1.165) is 37.4 Å². The van der Waals surface area contributed by atoms with Gasteiger partial charge in [-0.05, 0) is 31.7 Å². The van der Waals surface area contributed by atoms with Crippen molar-refractivity contribution in [1.29, 1.82) is 0 Å². The third kappa shape index (κ3) is 3.69. The van der Waals surface area contributed by atoms with Gasteiger partial charge in [0.05, 0.1) is 0 Å². The number of benzene rings is 1. The van der Waals surface area contributed by atoms with Crippen LogP contribution < -0.4 is 16.5 Å².